The van der Waals surface area contributed by atoms with Crippen LogP contribution in [-0.4, -0.2) is 12.6 Å². The van der Waals surface area contributed by atoms with E-state index >= 15 is 0 Å². The Labute approximate surface area is 105 Å². The van der Waals surface area contributed by atoms with E-state index < -0.39 is 5.97 Å². The summed E-state index contributed by atoms with van der Waals surface area (Å²) in [6, 6.07) is 7.55. The Morgan fingerprint density at radius 1 is 1.33 bits per heavy atom. The Bertz CT molecular complexity index is 498. The summed E-state index contributed by atoms with van der Waals surface area (Å²) in [7, 11) is 0. The fraction of sp³-hybridized carbons (Fsp3) is 0.286. The molecule has 1 aromatic carbocycles. The number of hydrogen-bond donors (Lipinski definition) is 0. The molecule has 3 nitrogen and oxygen atoms in total. The maximum Gasteiger partial charge on any atom is 0.349 e. The molecule has 0 heterocycles. The highest BCUT2D eigenvalue weighted by Gasteiger charge is 2.16. The third kappa shape index (κ3) is 3.17. The Hall–Kier alpha value is -2.15. The molecule has 0 aromatic heterocycles. The lowest BCUT2D eigenvalue weighted by Crippen LogP contribution is -2.08. The number of allylic oxidation sites excluding steroid dienone is 1. The number of nitriles is 1. The molecule has 18 heavy (non-hydrogen) atoms. The molecule has 0 fully saturated rings. The number of ether oxygens (including phenoxy) is 1. The number of esters is 1. The summed E-state index contributed by atoms with van der Waals surface area (Å²) >= 11 is 0. The zero-order chi connectivity index (χ0) is 13.5. The quantitative estimate of drug-likeness (QED) is 0.466. The van der Waals surface area contributed by atoms with Gasteiger partial charge in [0.25, 0.3) is 0 Å². The van der Waals surface area contributed by atoms with Crippen LogP contribution < -0.4 is 0 Å². The van der Waals surface area contributed by atoms with E-state index in [-0.39, 0.29) is 18.0 Å². The zero-order valence-corrected chi connectivity index (χ0v) is 10.4. The SMILES string of the molecule is CCOC(=O)C(C#N)=C(CC)c1ccc(F)cc1. The van der Waals surface area contributed by atoms with E-state index in [0.717, 1.165) is 0 Å². The molecule has 0 N–H and O–H groups in total. The summed E-state index contributed by atoms with van der Waals surface area (Å²) in [5, 5.41) is 9.06. The summed E-state index contributed by atoms with van der Waals surface area (Å²) in [5.41, 5.74) is 1.20. The lowest BCUT2D eigenvalue weighted by atomic mass is 9.98. The highest BCUT2D eigenvalue weighted by atomic mass is 19.1. The number of nitrogens with zero attached hydrogens (tertiary/aromatic N) is 1. The minimum atomic E-state index is -0.638. The average Bonchev–Trinajstić information content (AvgIpc) is 2.37. The summed E-state index contributed by atoms with van der Waals surface area (Å²) in [4.78, 5) is 11.6. The predicted octanol–water partition coefficient (Wildman–Crippen LogP) is 3.08. The van der Waals surface area contributed by atoms with E-state index in [9.17, 15) is 9.18 Å². The lowest BCUT2D eigenvalue weighted by Gasteiger charge is -2.08. The molecule has 0 saturated heterocycles. The molecule has 1 rings (SSSR count). The van der Waals surface area contributed by atoms with Gasteiger partial charge in [-0.2, -0.15) is 5.26 Å². The first-order chi connectivity index (χ1) is 8.63. The van der Waals surface area contributed by atoms with Gasteiger partial charge in [-0.3, -0.25) is 0 Å². The molecule has 4 heteroatoms. The highest BCUT2D eigenvalue weighted by Crippen LogP contribution is 2.23. The van der Waals surface area contributed by atoms with Gasteiger partial charge in [-0.25, -0.2) is 9.18 Å². The lowest BCUT2D eigenvalue weighted by molar-refractivity contribution is -0.137. The molecule has 0 aliphatic carbocycles. The second-order valence-corrected chi connectivity index (χ2v) is 3.55. The second kappa shape index (κ2) is 6.55. The molecule has 1 aromatic rings. The van der Waals surface area contributed by atoms with Crippen molar-refractivity contribution in [2.45, 2.75) is 20.3 Å². The number of benzene rings is 1. The maximum absolute atomic E-state index is 12.8. The van der Waals surface area contributed by atoms with Crippen LogP contribution in [0.15, 0.2) is 29.8 Å². The monoisotopic (exact) mass is 247 g/mol. The van der Waals surface area contributed by atoms with Crippen LogP contribution in [0.25, 0.3) is 5.57 Å². The van der Waals surface area contributed by atoms with Gasteiger partial charge in [0.2, 0.25) is 0 Å². The van der Waals surface area contributed by atoms with Gasteiger partial charge in [0.1, 0.15) is 17.5 Å². The predicted molar refractivity (Wildman–Crippen MR) is 65.9 cm³/mol. The van der Waals surface area contributed by atoms with Crippen molar-refractivity contribution in [2.24, 2.45) is 0 Å². The summed E-state index contributed by atoms with van der Waals surface area (Å²) in [6.07, 6.45) is 0.493. The first kappa shape index (κ1) is 13.9. The minimum Gasteiger partial charge on any atom is -0.462 e. The molecule has 0 bridgehead atoms. The largest absolute Gasteiger partial charge is 0.462 e. The van der Waals surface area contributed by atoms with E-state index in [1.807, 2.05) is 13.0 Å². The van der Waals surface area contributed by atoms with Gasteiger partial charge in [-0.05, 0) is 36.6 Å². The van der Waals surface area contributed by atoms with Crippen LogP contribution in [0.2, 0.25) is 0 Å². The van der Waals surface area contributed by atoms with Crippen LogP contribution >= 0.6 is 0 Å². The Morgan fingerprint density at radius 2 is 1.94 bits per heavy atom. The molecule has 0 aliphatic heterocycles. The van der Waals surface area contributed by atoms with Gasteiger partial charge >= 0.3 is 5.97 Å². The van der Waals surface area contributed by atoms with Gasteiger partial charge < -0.3 is 4.74 Å². The van der Waals surface area contributed by atoms with Gasteiger partial charge in [0.05, 0.1) is 6.61 Å². The summed E-state index contributed by atoms with van der Waals surface area (Å²) < 4.78 is 17.7. The van der Waals surface area contributed by atoms with Crippen molar-refractivity contribution >= 4 is 11.5 Å². The molecule has 0 aliphatic rings. The van der Waals surface area contributed by atoms with E-state index in [4.69, 9.17) is 10.00 Å². The zero-order valence-electron chi connectivity index (χ0n) is 10.4. The van der Waals surface area contributed by atoms with E-state index in [1.165, 1.54) is 12.1 Å². The maximum atomic E-state index is 12.8. The van der Waals surface area contributed by atoms with Crippen LogP contribution in [0.4, 0.5) is 4.39 Å². The first-order valence-corrected chi connectivity index (χ1v) is 5.70. The third-order valence-electron chi connectivity index (χ3n) is 2.44. The molecular formula is C14H14FNO2. The number of carbonyl (C=O) groups is 1. The van der Waals surface area contributed by atoms with Crippen molar-refractivity contribution in [1.82, 2.24) is 0 Å². The normalized spacial score (nSPS) is 11.4. The minimum absolute atomic E-state index is 0.0223. The second-order valence-electron chi connectivity index (χ2n) is 3.55. The molecule has 0 unspecified atom stereocenters. The number of carbonyl (C=O) groups excluding carboxylic acids is 1. The molecule has 0 amide bonds. The van der Waals surface area contributed by atoms with Crippen LogP contribution in [-0.2, 0) is 9.53 Å². The number of hydrogen-bond acceptors (Lipinski definition) is 3. The van der Waals surface area contributed by atoms with E-state index in [1.54, 1.807) is 19.1 Å². The molecule has 0 spiro atoms. The molecule has 94 valence electrons. The Balaban J connectivity index is 3.24. The molecular weight excluding hydrogens is 233 g/mol. The topological polar surface area (TPSA) is 50.1 Å². The van der Waals surface area contributed by atoms with Crippen LogP contribution in [0.5, 0.6) is 0 Å². The third-order valence-corrected chi connectivity index (χ3v) is 2.44. The number of rotatable bonds is 4. The Kier molecular flexibility index (Phi) is 5.06. The van der Waals surface area contributed by atoms with Crippen molar-refractivity contribution in [1.29, 1.82) is 5.26 Å². The number of halogens is 1. The summed E-state index contributed by atoms with van der Waals surface area (Å²) in [5.74, 6) is -0.995. The van der Waals surface area contributed by atoms with Crippen LogP contribution in [0.1, 0.15) is 25.8 Å². The van der Waals surface area contributed by atoms with Crippen molar-refractivity contribution < 1.29 is 13.9 Å². The van der Waals surface area contributed by atoms with Crippen molar-refractivity contribution in [3.8, 4) is 6.07 Å². The summed E-state index contributed by atoms with van der Waals surface area (Å²) in [6.45, 7) is 3.72. The molecule has 0 radical (unpaired) electrons. The van der Waals surface area contributed by atoms with Crippen molar-refractivity contribution in [3.63, 3.8) is 0 Å². The van der Waals surface area contributed by atoms with Gasteiger partial charge in [0, 0.05) is 0 Å². The van der Waals surface area contributed by atoms with Crippen LogP contribution in [0.3, 0.4) is 0 Å². The molecule has 0 atom stereocenters. The molecule has 0 saturated carbocycles. The van der Waals surface area contributed by atoms with Gasteiger partial charge in [-0.1, -0.05) is 19.1 Å². The Morgan fingerprint density at radius 3 is 2.39 bits per heavy atom. The first-order valence-electron chi connectivity index (χ1n) is 5.70. The van der Waals surface area contributed by atoms with Gasteiger partial charge in [0.15, 0.2) is 0 Å². The van der Waals surface area contributed by atoms with Crippen molar-refractivity contribution in [2.75, 3.05) is 6.61 Å². The van der Waals surface area contributed by atoms with E-state index in [2.05, 4.69) is 0 Å². The van der Waals surface area contributed by atoms with Gasteiger partial charge in [-0.15, -0.1) is 0 Å². The smallest absolute Gasteiger partial charge is 0.349 e. The fourth-order valence-corrected chi connectivity index (χ4v) is 1.62. The van der Waals surface area contributed by atoms with E-state index in [0.29, 0.717) is 17.6 Å². The van der Waals surface area contributed by atoms with Crippen LogP contribution in [0, 0.1) is 17.1 Å². The standard InChI is InChI=1S/C14H14FNO2/c1-3-12(10-5-7-11(15)8-6-10)13(9-16)14(17)18-4-2/h5-8H,3-4H2,1-2H3. The highest BCUT2D eigenvalue weighted by molar-refractivity contribution is 6.01. The average molecular weight is 247 g/mol. The van der Waals surface area contributed by atoms with Crippen molar-refractivity contribution in [3.05, 3.63) is 41.2 Å². The fourth-order valence-electron chi connectivity index (χ4n) is 1.62.